The lowest BCUT2D eigenvalue weighted by Crippen LogP contribution is -2.59. The fourth-order valence-electron chi connectivity index (χ4n) is 5.45. The van der Waals surface area contributed by atoms with Crippen LogP contribution in [0.5, 0.6) is 11.5 Å². The lowest BCUT2D eigenvalue weighted by Gasteiger charge is -2.36. The van der Waals surface area contributed by atoms with Crippen LogP contribution in [0.2, 0.25) is 0 Å². The molecule has 0 radical (unpaired) electrons. The van der Waals surface area contributed by atoms with Crippen LogP contribution in [0.3, 0.4) is 0 Å². The summed E-state index contributed by atoms with van der Waals surface area (Å²) in [7, 11) is 1.39. The van der Waals surface area contributed by atoms with E-state index in [-0.39, 0.29) is 28.5 Å². The number of para-hydroxylation sites is 1. The fourth-order valence-corrected chi connectivity index (χ4v) is 5.45. The second-order valence-corrected chi connectivity index (χ2v) is 9.12. The van der Waals surface area contributed by atoms with Gasteiger partial charge in [-0.1, -0.05) is 32.4 Å². The highest BCUT2D eigenvalue weighted by Crippen LogP contribution is 2.54. The largest absolute Gasteiger partial charge is 0.504 e. The smallest absolute Gasteiger partial charge is 0.325 e. The van der Waals surface area contributed by atoms with Crippen LogP contribution in [0.1, 0.15) is 49.2 Å². The number of phenolic OH excluding ortho intramolecular Hbond substituents is 1. The van der Waals surface area contributed by atoms with Crippen LogP contribution in [0.15, 0.2) is 42.5 Å². The Morgan fingerprint density at radius 3 is 2.34 bits per heavy atom. The Bertz CT molecular complexity index is 1210. The third-order valence-electron chi connectivity index (χ3n) is 7.46. The lowest BCUT2D eigenvalue weighted by atomic mass is 9.72. The molecule has 9 heteroatoms. The zero-order chi connectivity index (χ0) is 25.7. The van der Waals surface area contributed by atoms with Crippen LogP contribution in [0.25, 0.3) is 0 Å². The Balaban J connectivity index is 1.89. The number of imide groups is 1. The summed E-state index contributed by atoms with van der Waals surface area (Å²) in [6.45, 7) is 4.96. The second-order valence-electron chi connectivity index (χ2n) is 9.12. The summed E-state index contributed by atoms with van der Waals surface area (Å²) >= 11 is 0. The van der Waals surface area contributed by atoms with Crippen LogP contribution in [0, 0.1) is 17.8 Å². The highest BCUT2D eigenvalue weighted by molar-refractivity contribution is 6.24. The molecule has 2 saturated heterocycles. The first-order valence-electron chi connectivity index (χ1n) is 11.5. The molecule has 2 aromatic carbocycles. The maximum Gasteiger partial charge on any atom is 0.325 e. The number of rotatable bonds is 7. The number of phenols is 1. The van der Waals surface area contributed by atoms with E-state index in [2.05, 4.69) is 5.32 Å². The molecule has 0 spiro atoms. The first kappa shape index (κ1) is 24.4. The number of amides is 2. The van der Waals surface area contributed by atoms with Crippen LogP contribution >= 0.6 is 0 Å². The predicted octanol–water partition coefficient (Wildman–Crippen LogP) is 2.92. The van der Waals surface area contributed by atoms with Gasteiger partial charge in [-0.25, -0.2) is 4.90 Å². The number of anilines is 1. The average molecular weight is 481 g/mol. The summed E-state index contributed by atoms with van der Waals surface area (Å²) in [6, 6.07) is 9.88. The molecule has 2 aliphatic rings. The number of carbonyl (C=O) groups excluding carboxylic acids is 3. The number of hydrogen-bond donors (Lipinski definition) is 3. The van der Waals surface area contributed by atoms with E-state index in [4.69, 9.17) is 4.74 Å². The van der Waals surface area contributed by atoms with Gasteiger partial charge in [0.2, 0.25) is 11.8 Å². The predicted molar refractivity (Wildman–Crippen MR) is 126 cm³/mol. The molecule has 2 amide bonds. The number of fused-ring (bicyclic) bond motifs is 1. The molecule has 35 heavy (non-hydrogen) atoms. The van der Waals surface area contributed by atoms with Crippen molar-refractivity contribution in [2.45, 2.75) is 38.8 Å². The fraction of sp³-hybridized carbons (Fsp3) is 0.385. The summed E-state index contributed by atoms with van der Waals surface area (Å²) in [5.74, 6) is -5.43. The van der Waals surface area contributed by atoms with Crippen molar-refractivity contribution in [2.24, 2.45) is 17.8 Å². The zero-order valence-electron chi connectivity index (χ0n) is 19.9. The van der Waals surface area contributed by atoms with Gasteiger partial charge in [-0.05, 0) is 43.2 Å². The van der Waals surface area contributed by atoms with Gasteiger partial charge in [-0.15, -0.1) is 0 Å². The van der Waals surface area contributed by atoms with Gasteiger partial charge >= 0.3 is 5.97 Å². The molecule has 2 fully saturated rings. The molecule has 2 aromatic rings. The van der Waals surface area contributed by atoms with E-state index >= 15 is 0 Å². The number of nitrogens with one attached hydrogen (secondary N) is 1. The van der Waals surface area contributed by atoms with Gasteiger partial charge in [0, 0.05) is 17.2 Å². The first-order chi connectivity index (χ1) is 16.6. The van der Waals surface area contributed by atoms with E-state index < -0.39 is 47.1 Å². The van der Waals surface area contributed by atoms with Crippen molar-refractivity contribution in [3.05, 3.63) is 53.6 Å². The number of hydrogen-bond acceptors (Lipinski definition) is 7. The van der Waals surface area contributed by atoms with E-state index in [9.17, 15) is 29.4 Å². The third kappa shape index (κ3) is 3.49. The molecule has 5 unspecified atom stereocenters. The van der Waals surface area contributed by atoms with Gasteiger partial charge in [0.1, 0.15) is 5.54 Å². The van der Waals surface area contributed by atoms with E-state index in [0.717, 1.165) is 4.90 Å². The molecule has 0 saturated carbocycles. The van der Waals surface area contributed by atoms with Crippen molar-refractivity contribution in [1.82, 2.24) is 5.32 Å². The highest BCUT2D eigenvalue weighted by atomic mass is 16.5. The highest BCUT2D eigenvalue weighted by Gasteiger charge is 2.70. The van der Waals surface area contributed by atoms with E-state index in [0.29, 0.717) is 12.0 Å². The number of aromatic hydroxyl groups is 1. The minimum absolute atomic E-state index is 0.160. The first-order valence-corrected chi connectivity index (χ1v) is 11.5. The summed E-state index contributed by atoms with van der Waals surface area (Å²) in [6.07, 6.45) is 0.439. The Morgan fingerprint density at radius 1 is 1.14 bits per heavy atom. The maximum absolute atomic E-state index is 13.8. The molecular formula is C26H28N2O7. The second kappa shape index (κ2) is 8.81. The van der Waals surface area contributed by atoms with Crippen LogP contribution < -0.4 is 15.0 Å². The topological polar surface area (TPSA) is 133 Å². The number of benzene rings is 2. The molecule has 3 N–H and O–H groups in total. The van der Waals surface area contributed by atoms with Gasteiger partial charge < -0.3 is 14.9 Å². The molecular weight excluding hydrogens is 452 g/mol. The number of carboxylic acid groups (broad SMARTS) is 1. The molecule has 0 aliphatic carbocycles. The zero-order valence-corrected chi connectivity index (χ0v) is 19.9. The Kier molecular flexibility index (Phi) is 6.14. The Hall–Kier alpha value is -3.72. The van der Waals surface area contributed by atoms with E-state index in [1.807, 2.05) is 6.92 Å². The van der Waals surface area contributed by atoms with Crippen LogP contribution in [-0.2, 0) is 14.4 Å². The normalized spacial score (nSPS) is 26.5. The maximum atomic E-state index is 13.8. The van der Waals surface area contributed by atoms with Crippen molar-refractivity contribution in [1.29, 1.82) is 0 Å². The summed E-state index contributed by atoms with van der Waals surface area (Å²) in [4.78, 5) is 53.0. The number of nitrogens with zero attached hydrogens (tertiary/aromatic N) is 1. The number of carbonyl (C=O) groups is 4. The molecule has 184 valence electrons. The molecule has 5 atom stereocenters. The van der Waals surface area contributed by atoms with Gasteiger partial charge in [0.05, 0.1) is 24.6 Å². The molecule has 0 bridgehead atoms. The summed E-state index contributed by atoms with van der Waals surface area (Å²) < 4.78 is 5.21. The number of carboxylic acids is 1. The molecule has 9 nitrogen and oxygen atoms in total. The van der Waals surface area contributed by atoms with Crippen molar-refractivity contribution in [3.8, 4) is 11.5 Å². The Labute approximate surface area is 202 Å². The van der Waals surface area contributed by atoms with Crippen molar-refractivity contribution < 1.29 is 34.1 Å². The van der Waals surface area contributed by atoms with Crippen molar-refractivity contribution in [3.63, 3.8) is 0 Å². The molecule has 2 heterocycles. The summed E-state index contributed by atoms with van der Waals surface area (Å²) in [5, 5.41) is 24.4. The van der Waals surface area contributed by atoms with Gasteiger partial charge in [-0.2, -0.15) is 0 Å². The minimum Gasteiger partial charge on any atom is -0.504 e. The van der Waals surface area contributed by atoms with Crippen molar-refractivity contribution >= 4 is 29.3 Å². The van der Waals surface area contributed by atoms with Crippen molar-refractivity contribution in [2.75, 3.05) is 12.0 Å². The standard InChI is InChI=1S/C26H28N2O7/c1-5-13(2)26(25(33)34)20-19(21(27-26)17-7-6-8-18(35-4)22(17)30)23(31)28(24(20)32)16-11-9-15(10-12-16)14(3)29/h6-13,19-21,27,30H,5H2,1-4H3,(H,33,34). The lowest BCUT2D eigenvalue weighted by molar-refractivity contribution is -0.151. The number of ketones is 1. The minimum atomic E-state index is -1.74. The SMILES string of the molecule is CCC(C)C1(C(=O)O)NC(c2cccc(OC)c2O)C2C(=O)N(c3ccc(C(C)=O)cc3)C(=O)C21. The molecule has 2 aliphatic heterocycles. The summed E-state index contributed by atoms with van der Waals surface area (Å²) in [5.41, 5.74) is -0.772. The van der Waals surface area contributed by atoms with Gasteiger partial charge in [0.15, 0.2) is 17.3 Å². The number of aliphatic carboxylic acids is 1. The third-order valence-corrected chi connectivity index (χ3v) is 7.46. The van der Waals surface area contributed by atoms with E-state index in [1.54, 1.807) is 25.1 Å². The number of Topliss-reactive ketones (excluding diaryl/α,β-unsaturated/α-hetero) is 1. The Morgan fingerprint density at radius 2 is 1.80 bits per heavy atom. The van der Waals surface area contributed by atoms with Gasteiger partial charge in [0.25, 0.3) is 0 Å². The van der Waals surface area contributed by atoms with Crippen LogP contribution in [0.4, 0.5) is 5.69 Å². The molecule has 4 rings (SSSR count). The average Bonchev–Trinajstić information content (AvgIpc) is 3.33. The van der Waals surface area contributed by atoms with Gasteiger partial charge in [-0.3, -0.25) is 24.5 Å². The number of methoxy groups -OCH3 is 1. The number of ether oxygens (including phenoxy) is 1. The van der Waals surface area contributed by atoms with Crippen LogP contribution in [-0.4, -0.2) is 46.4 Å². The quantitative estimate of drug-likeness (QED) is 0.407. The van der Waals surface area contributed by atoms with E-state index in [1.165, 1.54) is 38.3 Å². The monoisotopic (exact) mass is 480 g/mol. The molecule has 0 aromatic heterocycles.